The van der Waals surface area contributed by atoms with E-state index in [0.29, 0.717) is 12.6 Å². The Hall–Kier alpha value is -0.870. The molecule has 0 atom stereocenters. The summed E-state index contributed by atoms with van der Waals surface area (Å²) in [5.74, 6) is 0.815. The number of guanidine groups is 1. The van der Waals surface area contributed by atoms with Gasteiger partial charge in [0.1, 0.15) is 0 Å². The van der Waals surface area contributed by atoms with Gasteiger partial charge >= 0.3 is 0 Å². The molecule has 0 radical (unpaired) electrons. The van der Waals surface area contributed by atoms with Crippen molar-refractivity contribution in [3.05, 3.63) is 29.8 Å². The fourth-order valence-corrected chi connectivity index (χ4v) is 3.23. The van der Waals surface area contributed by atoms with Crippen LogP contribution in [0.5, 0.6) is 0 Å². The van der Waals surface area contributed by atoms with Gasteiger partial charge in [-0.1, -0.05) is 31.4 Å². The molecule has 0 amide bonds. The second-order valence-corrected chi connectivity index (χ2v) is 7.42. The first-order valence-electron chi connectivity index (χ1n) is 8.15. The molecule has 4 N–H and O–H groups in total. The Morgan fingerprint density at radius 2 is 1.83 bits per heavy atom. The van der Waals surface area contributed by atoms with Crippen LogP contribution in [0.15, 0.2) is 34.2 Å². The van der Waals surface area contributed by atoms with Crippen molar-refractivity contribution < 1.29 is 8.42 Å². The Balaban J connectivity index is 0.00000288. The number of nitrogens with two attached hydrogens (primary N) is 1. The highest BCUT2D eigenvalue weighted by Gasteiger charge is 2.14. The molecule has 1 aliphatic carbocycles. The minimum absolute atomic E-state index is 0. The van der Waals surface area contributed by atoms with Crippen molar-refractivity contribution in [2.45, 2.75) is 56.5 Å². The van der Waals surface area contributed by atoms with Crippen LogP contribution in [0.3, 0.4) is 0 Å². The van der Waals surface area contributed by atoms with E-state index in [-0.39, 0.29) is 28.9 Å². The number of benzene rings is 1. The fourth-order valence-electron chi connectivity index (χ4n) is 2.72. The van der Waals surface area contributed by atoms with Crippen LogP contribution < -0.4 is 15.8 Å². The van der Waals surface area contributed by atoms with E-state index in [1.807, 2.05) is 6.92 Å². The maximum absolute atomic E-state index is 11.2. The SMILES string of the molecule is CCNC(=NCc1ccc(S(N)(=O)=O)cc1)NC1CCCCC1.I. The van der Waals surface area contributed by atoms with Gasteiger partial charge in [-0.25, -0.2) is 18.5 Å². The van der Waals surface area contributed by atoms with Crippen molar-refractivity contribution >= 4 is 40.0 Å². The van der Waals surface area contributed by atoms with Crippen LogP contribution in [0.4, 0.5) is 0 Å². The average Bonchev–Trinajstić information content (AvgIpc) is 2.53. The summed E-state index contributed by atoms with van der Waals surface area (Å²) in [4.78, 5) is 4.71. The van der Waals surface area contributed by atoms with Crippen LogP contribution in [0, 0.1) is 0 Å². The number of nitrogens with zero attached hydrogens (tertiary/aromatic N) is 1. The first-order valence-corrected chi connectivity index (χ1v) is 9.70. The highest BCUT2D eigenvalue weighted by molar-refractivity contribution is 14.0. The topological polar surface area (TPSA) is 96.6 Å². The van der Waals surface area contributed by atoms with Gasteiger partial charge < -0.3 is 10.6 Å². The number of hydrogen-bond acceptors (Lipinski definition) is 3. The third-order valence-electron chi connectivity index (χ3n) is 3.96. The number of hydrogen-bond donors (Lipinski definition) is 3. The Morgan fingerprint density at radius 1 is 1.21 bits per heavy atom. The zero-order chi connectivity index (χ0) is 16.7. The van der Waals surface area contributed by atoms with Crippen LogP contribution in [-0.2, 0) is 16.6 Å². The second-order valence-electron chi connectivity index (χ2n) is 5.86. The van der Waals surface area contributed by atoms with Gasteiger partial charge in [0, 0.05) is 12.6 Å². The van der Waals surface area contributed by atoms with Crippen LogP contribution in [0.1, 0.15) is 44.6 Å². The number of nitrogens with one attached hydrogen (secondary N) is 2. The molecule has 0 spiro atoms. The molecule has 1 aliphatic rings. The number of primary sulfonamides is 1. The summed E-state index contributed by atoms with van der Waals surface area (Å²) >= 11 is 0. The molecule has 2 rings (SSSR count). The van der Waals surface area contributed by atoms with Crippen molar-refractivity contribution in [2.75, 3.05) is 6.54 Å². The predicted molar refractivity (Wildman–Crippen MR) is 108 cm³/mol. The van der Waals surface area contributed by atoms with E-state index in [9.17, 15) is 8.42 Å². The molecular weight excluding hydrogens is 439 g/mol. The normalized spacial score (nSPS) is 16.3. The van der Waals surface area contributed by atoms with E-state index in [0.717, 1.165) is 18.1 Å². The zero-order valence-corrected chi connectivity index (χ0v) is 17.1. The van der Waals surface area contributed by atoms with E-state index >= 15 is 0 Å². The molecule has 1 saturated carbocycles. The van der Waals surface area contributed by atoms with E-state index in [1.54, 1.807) is 12.1 Å². The molecule has 0 heterocycles. The van der Waals surface area contributed by atoms with Gasteiger partial charge in [-0.3, -0.25) is 0 Å². The van der Waals surface area contributed by atoms with Gasteiger partial charge in [-0.2, -0.15) is 0 Å². The van der Waals surface area contributed by atoms with E-state index in [1.165, 1.54) is 44.2 Å². The Bertz CT molecular complexity index is 626. The summed E-state index contributed by atoms with van der Waals surface area (Å²) < 4.78 is 22.5. The third kappa shape index (κ3) is 6.94. The van der Waals surface area contributed by atoms with Gasteiger partial charge in [0.2, 0.25) is 10.0 Å². The molecular formula is C16H27IN4O2S. The molecule has 136 valence electrons. The summed E-state index contributed by atoms with van der Waals surface area (Å²) in [7, 11) is -3.64. The molecule has 24 heavy (non-hydrogen) atoms. The predicted octanol–water partition coefficient (Wildman–Crippen LogP) is 2.34. The Kier molecular flexibility index (Phi) is 8.99. The number of aliphatic imine (C=N–C) groups is 1. The molecule has 0 bridgehead atoms. The van der Waals surface area contributed by atoms with Crippen molar-refractivity contribution in [1.82, 2.24) is 10.6 Å². The largest absolute Gasteiger partial charge is 0.357 e. The fraction of sp³-hybridized carbons (Fsp3) is 0.562. The highest BCUT2D eigenvalue weighted by Crippen LogP contribution is 2.17. The standard InChI is InChI=1S/C16H26N4O2S.HI/c1-2-18-16(20-14-6-4-3-5-7-14)19-12-13-8-10-15(11-9-13)23(17,21)22;/h8-11,14H,2-7,12H2,1H3,(H2,17,21,22)(H2,18,19,20);1H. The molecule has 8 heteroatoms. The van der Waals surface area contributed by atoms with Crippen molar-refractivity contribution in [3.8, 4) is 0 Å². The first kappa shape index (κ1) is 21.2. The molecule has 0 aromatic heterocycles. The monoisotopic (exact) mass is 466 g/mol. The number of halogens is 1. The lowest BCUT2D eigenvalue weighted by Gasteiger charge is -2.24. The zero-order valence-electron chi connectivity index (χ0n) is 14.0. The summed E-state index contributed by atoms with van der Waals surface area (Å²) in [5.41, 5.74) is 0.943. The van der Waals surface area contributed by atoms with E-state index < -0.39 is 10.0 Å². The lowest BCUT2D eigenvalue weighted by atomic mass is 9.96. The quantitative estimate of drug-likeness (QED) is 0.353. The molecule has 1 aromatic rings. The van der Waals surface area contributed by atoms with Gasteiger partial charge in [-0.05, 0) is 37.5 Å². The molecule has 1 aromatic carbocycles. The smallest absolute Gasteiger partial charge is 0.238 e. The minimum Gasteiger partial charge on any atom is -0.357 e. The van der Waals surface area contributed by atoms with Crippen LogP contribution in [0.2, 0.25) is 0 Å². The number of rotatable bonds is 5. The Labute approximate surface area is 161 Å². The van der Waals surface area contributed by atoms with E-state index in [2.05, 4.69) is 15.6 Å². The summed E-state index contributed by atoms with van der Waals surface area (Å²) in [6, 6.07) is 7.01. The maximum Gasteiger partial charge on any atom is 0.238 e. The van der Waals surface area contributed by atoms with Gasteiger partial charge in [0.25, 0.3) is 0 Å². The van der Waals surface area contributed by atoms with Crippen molar-refractivity contribution in [3.63, 3.8) is 0 Å². The average molecular weight is 466 g/mol. The molecule has 0 saturated heterocycles. The molecule has 6 nitrogen and oxygen atoms in total. The highest BCUT2D eigenvalue weighted by atomic mass is 127. The van der Waals surface area contributed by atoms with Crippen molar-refractivity contribution in [1.29, 1.82) is 0 Å². The maximum atomic E-state index is 11.2. The van der Waals surface area contributed by atoms with Crippen molar-refractivity contribution in [2.24, 2.45) is 10.1 Å². The minimum atomic E-state index is -3.64. The summed E-state index contributed by atoms with van der Waals surface area (Å²) in [5, 5.41) is 11.8. The van der Waals surface area contributed by atoms with Crippen LogP contribution in [0.25, 0.3) is 0 Å². The molecule has 0 aliphatic heterocycles. The first-order chi connectivity index (χ1) is 11.0. The lowest BCUT2D eigenvalue weighted by molar-refractivity contribution is 0.410. The van der Waals surface area contributed by atoms with Crippen LogP contribution >= 0.6 is 24.0 Å². The van der Waals surface area contributed by atoms with Gasteiger partial charge in [0.15, 0.2) is 5.96 Å². The molecule has 0 unspecified atom stereocenters. The summed E-state index contributed by atoms with van der Waals surface area (Å²) in [6.45, 7) is 3.34. The summed E-state index contributed by atoms with van der Waals surface area (Å²) in [6.07, 6.45) is 6.24. The van der Waals surface area contributed by atoms with Gasteiger partial charge in [0.05, 0.1) is 11.4 Å². The lowest BCUT2D eigenvalue weighted by Crippen LogP contribution is -2.44. The molecule has 1 fully saturated rings. The third-order valence-corrected chi connectivity index (χ3v) is 4.89. The second kappa shape index (κ2) is 10.2. The number of sulfonamides is 1. The van der Waals surface area contributed by atoms with Gasteiger partial charge in [-0.15, -0.1) is 24.0 Å². The van der Waals surface area contributed by atoms with Crippen LogP contribution in [-0.4, -0.2) is 27.0 Å². The van der Waals surface area contributed by atoms with E-state index in [4.69, 9.17) is 5.14 Å². The Morgan fingerprint density at radius 3 is 2.38 bits per heavy atom.